The number of piperidine rings is 1. The molecule has 1 aromatic carbocycles. The Balaban J connectivity index is 1.50. The lowest BCUT2D eigenvalue weighted by molar-refractivity contribution is -0.118. The van der Waals surface area contributed by atoms with Gasteiger partial charge in [-0.05, 0) is 49.5 Å². The minimum atomic E-state index is -2.79. The van der Waals surface area contributed by atoms with Crippen LogP contribution in [0.15, 0.2) is 24.3 Å². The second-order valence-electron chi connectivity index (χ2n) is 7.14. The van der Waals surface area contributed by atoms with Crippen LogP contribution >= 0.6 is 0 Å². The summed E-state index contributed by atoms with van der Waals surface area (Å²) in [6.07, 6.45) is 2.05. The van der Waals surface area contributed by atoms with Gasteiger partial charge in [-0.1, -0.05) is 19.1 Å². The number of rotatable bonds is 4. The Hall–Kier alpha value is -1.53. The summed E-state index contributed by atoms with van der Waals surface area (Å²) in [5.41, 5.74) is 1.85. The van der Waals surface area contributed by atoms with E-state index in [2.05, 4.69) is 22.5 Å². The molecule has 0 radical (unpaired) electrons. The van der Waals surface area contributed by atoms with Crippen LogP contribution in [0.1, 0.15) is 31.7 Å². The first kappa shape index (κ1) is 17.3. The molecule has 0 aromatic heterocycles. The van der Waals surface area contributed by atoms with E-state index in [1.54, 1.807) is 0 Å². The highest BCUT2D eigenvalue weighted by atomic mass is 19.3. The van der Waals surface area contributed by atoms with Crippen LogP contribution in [0.3, 0.4) is 0 Å². The molecule has 0 aliphatic carbocycles. The van der Waals surface area contributed by atoms with E-state index in [1.165, 1.54) is 18.4 Å². The molecule has 2 aliphatic rings. The number of nitrogens with one attached hydrogen (secondary N) is 2. The van der Waals surface area contributed by atoms with Crippen molar-refractivity contribution in [3.05, 3.63) is 29.8 Å². The standard InChI is InChI=1S/C18H25F2N3O/c1-13-6-8-23(9-7-13)11-14-2-4-15(5-3-14)22-17(24)16-10-18(19,20)12-21-16/h2-5,13,16,21H,6-12H2,1H3,(H,22,24). The van der Waals surface area contributed by atoms with Gasteiger partial charge in [0.2, 0.25) is 5.91 Å². The van der Waals surface area contributed by atoms with Crippen LogP contribution in [-0.2, 0) is 11.3 Å². The van der Waals surface area contributed by atoms with Gasteiger partial charge in [0.25, 0.3) is 5.92 Å². The first-order chi connectivity index (χ1) is 11.4. The number of hydrogen-bond donors (Lipinski definition) is 2. The van der Waals surface area contributed by atoms with Crippen molar-refractivity contribution < 1.29 is 13.6 Å². The molecule has 6 heteroatoms. The van der Waals surface area contributed by atoms with Gasteiger partial charge in [-0.15, -0.1) is 0 Å². The second kappa shape index (κ2) is 7.15. The topological polar surface area (TPSA) is 44.4 Å². The average Bonchev–Trinajstić information content (AvgIpc) is 2.92. The second-order valence-corrected chi connectivity index (χ2v) is 7.14. The number of alkyl halides is 2. The summed E-state index contributed by atoms with van der Waals surface area (Å²) < 4.78 is 26.3. The predicted molar refractivity (Wildman–Crippen MR) is 90.1 cm³/mol. The molecular formula is C18H25F2N3O. The summed E-state index contributed by atoms with van der Waals surface area (Å²) in [4.78, 5) is 14.5. The first-order valence-electron chi connectivity index (χ1n) is 8.65. The summed E-state index contributed by atoms with van der Waals surface area (Å²) in [7, 11) is 0. The maximum Gasteiger partial charge on any atom is 0.262 e. The van der Waals surface area contributed by atoms with Crippen molar-refractivity contribution >= 4 is 11.6 Å². The largest absolute Gasteiger partial charge is 0.325 e. The smallest absolute Gasteiger partial charge is 0.262 e. The number of halogens is 2. The highest BCUT2D eigenvalue weighted by molar-refractivity contribution is 5.95. The van der Waals surface area contributed by atoms with Crippen molar-refractivity contribution in [1.29, 1.82) is 0 Å². The predicted octanol–water partition coefficient (Wildman–Crippen LogP) is 2.85. The Labute approximate surface area is 141 Å². The van der Waals surface area contributed by atoms with E-state index in [0.717, 1.165) is 25.6 Å². The van der Waals surface area contributed by atoms with E-state index in [0.29, 0.717) is 5.69 Å². The van der Waals surface area contributed by atoms with Crippen LogP contribution in [0.5, 0.6) is 0 Å². The average molecular weight is 337 g/mol. The van der Waals surface area contributed by atoms with Crippen molar-refractivity contribution in [1.82, 2.24) is 10.2 Å². The normalized spacial score (nSPS) is 24.9. The quantitative estimate of drug-likeness (QED) is 0.888. The van der Waals surface area contributed by atoms with Crippen molar-refractivity contribution in [2.45, 2.75) is 44.7 Å². The highest BCUT2D eigenvalue weighted by Crippen LogP contribution is 2.26. The molecule has 1 amide bonds. The number of nitrogens with zero attached hydrogens (tertiary/aromatic N) is 1. The Bertz CT molecular complexity index is 568. The maximum absolute atomic E-state index is 13.1. The molecule has 1 atom stereocenters. The van der Waals surface area contributed by atoms with Gasteiger partial charge in [0.05, 0.1) is 12.6 Å². The third-order valence-corrected chi connectivity index (χ3v) is 4.93. The van der Waals surface area contributed by atoms with Crippen LogP contribution in [0.25, 0.3) is 0 Å². The molecule has 2 heterocycles. The summed E-state index contributed by atoms with van der Waals surface area (Å²) in [6.45, 7) is 5.03. The summed E-state index contributed by atoms with van der Waals surface area (Å²) in [6, 6.07) is 6.84. The van der Waals surface area contributed by atoms with Gasteiger partial charge in [0, 0.05) is 18.7 Å². The minimum Gasteiger partial charge on any atom is -0.325 e. The van der Waals surface area contributed by atoms with Crippen LogP contribution in [0.2, 0.25) is 0 Å². The monoisotopic (exact) mass is 337 g/mol. The lowest BCUT2D eigenvalue weighted by Gasteiger charge is -2.30. The van der Waals surface area contributed by atoms with Crippen LogP contribution in [0, 0.1) is 5.92 Å². The molecule has 2 N–H and O–H groups in total. The van der Waals surface area contributed by atoms with Crippen molar-refractivity contribution in [3.8, 4) is 0 Å². The SMILES string of the molecule is CC1CCN(Cc2ccc(NC(=O)C3CC(F)(F)CN3)cc2)CC1. The molecule has 1 unspecified atom stereocenters. The van der Waals surface area contributed by atoms with Gasteiger partial charge in [-0.2, -0.15) is 0 Å². The van der Waals surface area contributed by atoms with Gasteiger partial charge < -0.3 is 5.32 Å². The number of benzene rings is 1. The highest BCUT2D eigenvalue weighted by Gasteiger charge is 2.42. The number of amides is 1. The van der Waals surface area contributed by atoms with Crippen LogP contribution in [-0.4, -0.2) is 42.4 Å². The lowest BCUT2D eigenvalue weighted by atomic mass is 9.99. The van der Waals surface area contributed by atoms with E-state index in [1.807, 2.05) is 24.3 Å². The molecule has 1 aromatic rings. The van der Waals surface area contributed by atoms with E-state index in [-0.39, 0.29) is 0 Å². The van der Waals surface area contributed by atoms with E-state index < -0.39 is 30.8 Å². The Morgan fingerprint density at radius 3 is 2.54 bits per heavy atom. The minimum absolute atomic E-state index is 0.398. The number of carbonyl (C=O) groups is 1. The molecule has 0 bridgehead atoms. The molecule has 4 nitrogen and oxygen atoms in total. The molecule has 0 saturated carbocycles. The number of anilines is 1. The molecule has 2 aliphatic heterocycles. The van der Waals surface area contributed by atoms with Crippen molar-refractivity contribution in [3.63, 3.8) is 0 Å². The van der Waals surface area contributed by atoms with Crippen molar-refractivity contribution in [2.75, 3.05) is 25.0 Å². The Morgan fingerprint density at radius 1 is 1.29 bits per heavy atom. The zero-order valence-corrected chi connectivity index (χ0v) is 14.0. The van der Waals surface area contributed by atoms with Gasteiger partial charge >= 0.3 is 0 Å². The maximum atomic E-state index is 13.1. The lowest BCUT2D eigenvalue weighted by Crippen LogP contribution is -2.35. The van der Waals surface area contributed by atoms with Crippen molar-refractivity contribution in [2.24, 2.45) is 5.92 Å². The zero-order valence-electron chi connectivity index (χ0n) is 14.0. The van der Waals surface area contributed by atoms with E-state index in [4.69, 9.17) is 0 Å². The molecule has 2 saturated heterocycles. The molecular weight excluding hydrogens is 312 g/mol. The zero-order chi connectivity index (χ0) is 17.2. The third-order valence-electron chi connectivity index (χ3n) is 4.93. The fraction of sp³-hybridized carbons (Fsp3) is 0.611. The van der Waals surface area contributed by atoms with E-state index >= 15 is 0 Å². The van der Waals surface area contributed by atoms with Crippen LogP contribution < -0.4 is 10.6 Å². The Morgan fingerprint density at radius 2 is 1.96 bits per heavy atom. The van der Waals surface area contributed by atoms with Gasteiger partial charge in [0.15, 0.2) is 0 Å². The van der Waals surface area contributed by atoms with Gasteiger partial charge in [-0.25, -0.2) is 8.78 Å². The molecule has 3 rings (SSSR count). The van der Waals surface area contributed by atoms with E-state index in [9.17, 15) is 13.6 Å². The van der Waals surface area contributed by atoms with Gasteiger partial charge in [0.1, 0.15) is 0 Å². The molecule has 0 spiro atoms. The van der Waals surface area contributed by atoms with Gasteiger partial charge in [-0.3, -0.25) is 15.0 Å². The Kier molecular flexibility index (Phi) is 5.15. The third kappa shape index (κ3) is 4.51. The first-order valence-corrected chi connectivity index (χ1v) is 8.65. The van der Waals surface area contributed by atoms with Crippen LogP contribution in [0.4, 0.5) is 14.5 Å². The fourth-order valence-electron chi connectivity index (χ4n) is 3.30. The number of likely N-dealkylation sites (tertiary alicyclic amines) is 1. The summed E-state index contributed by atoms with van der Waals surface area (Å²) in [5.74, 6) is -2.38. The molecule has 24 heavy (non-hydrogen) atoms. The summed E-state index contributed by atoms with van der Waals surface area (Å²) in [5, 5.41) is 5.28. The summed E-state index contributed by atoms with van der Waals surface area (Å²) >= 11 is 0. The fourth-order valence-corrected chi connectivity index (χ4v) is 3.30. The number of carbonyl (C=O) groups excluding carboxylic acids is 1. The number of hydrogen-bond acceptors (Lipinski definition) is 3. The molecule has 132 valence electrons. The molecule has 2 fully saturated rings.